The number of anilines is 2. The average Bonchev–Trinajstić information content (AvgIpc) is 2.25. The Morgan fingerprint density at radius 1 is 1.53 bits per heavy atom. The van der Waals surface area contributed by atoms with Crippen LogP contribution in [0.3, 0.4) is 0 Å². The van der Waals surface area contributed by atoms with Crippen LogP contribution in [0.25, 0.3) is 0 Å². The van der Waals surface area contributed by atoms with Crippen LogP contribution in [0, 0.1) is 0 Å². The van der Waals surface area contributed by atoms with Crippen molar-refractivity contribution in [2.75, 3.05) is 23.9 Å². The number of rotatable bonds is 5. The van der Waals surface area contributed by atoms with Crippen molar-refractivity contribution in [1.82, 2.24) is 4.98 Å². The van der Waals surface area contributed by atoms with Crippen LogP contribution in [0.1, 0.15) is 24.2 Å². The number of aromatic carboxylic acids is 1. The highest BCUT2D eigenvalue weighted by Crippen LogP contribution is 2.22. The maximum atomic E-state index is 11.5. The van der Waals surface area contributed by atoms with Gasteiger partial charge in [-0.1, -0.05) is 0 Å². The molecule has 0 atom stereocenters. The molecule has 0 fully saturated rings. The predicted octanol–water partition coefficient (Wildman–Crippen LogP) is 0.597. The van der Waals surface area contributed by atoms with Gasteiger partial charge in [0, 0.05) is 19.0 Å². The van der Waals surface area contributed by atoms with E-state index in [1.807, 2.05) is 0 Å². The van der Waals surface area contributed by atoms with Crippen LogP contribution in [0.15, 0.2) is 12.3 Å². The molecule has 4 N–H and O–H groups in total. The Balaban J connectivity index is 2.97. The second kappa shape index (κ2) is 5.04. The topological polar surface area (TPSA) is 122 Å². The maximum Gasteiger partial charge on any atom is 0.337 e. The zero-order valence-corrected chi connectivity index (χ0v) is 11.8. The first-order valence-corrected chi connectivity index (χ1v) is 7.36. The molecule has 0 aliphatic heterocycles. The van der Waals surface area contributed by atoms with Crippen molar-refractivity contribution in [2.45, 2.75) is 18.6 Å². The van der Waals surface area contributed by atoms with Gasteiger partial charge in [0.1, 0.15) is 5.82 Å². The molecule has 0 aliphatic rings. The van der Waals surface area contributed by atoms with Gasteiger partial charge in [0.2, 0.25) is 0 Å². The second-order valence-corrected chi connectivity index (χ2v) is 7.46. The predicted molar refractivity (Wildman–Crippen MR) is 73.0 cm³/mol. The molecule has 0 saturated carbocycles. The molecule has 0 aromatic carbocycles. The van der Waals surface area contributed by atoms with E-state index in [4.69, 9.17) is 10.8 Å². The van der Waals surface area contributed by atoms with Gasteiger partial charge in [0.05, 0.1) is 16.0 Å². The van der Waals surface area contributed by atoms with Crippen LogP contribution >= 0.6 is 0 Å². The number of nitrogens with zero attached hydrogens (tertiary/aromatic N) is 1. The van der Waals surface area contributed by atoms with Gasteiger partial charge in [-0.05, 0) is 19.9 Å². The molecule has 1 rings (SSSR count). The number of nitrogen functional groups attached to an aromatic ring is 1. The summed E-state index contributed by atoms with van der Waals surface area (Å²) in [5.41, 5.74) is 5.58. The molecule has 0 radical (unpaired) electrons. The van der Waals surface area contributed by atoms with E-state index in [1.165, 1.54) is 12.3 Å². The normalized spacial score (nSPS) is 12.2. The number of pyridine rings is 1. The summed E-state index contributed by atoms with van der Waals surface area (Å²) in [4.78, 5) is 14.8. The summed E-state index contributed by atoms with van der Waals surface area (Å²) in [5.74, 6) is -0.998. The van der Waals surface area contributed by atoms with Gasteiger partial charge < -0.3 is 16.2 Å². The number of carboxylic acid groups (broad SMARTS) is 1. The van der Waals surface area contributed by atoms with Gasteiger partial charge in [-0.2, -0.15) is 0 Å². The minimum Gasteiger partial charge on any atom is -0.478 e. The highest BCUT2D eigenvalue weighted by atomic mass is 32.2. The Morgan fingerprint density at radius 3 is 2.58 bits per heavy atom. The fraction of sp³-hybridized carbons (Fsp3) is 0.455. The molecule has 0 saturated heterocycles. The van der Waals surface area contributed by atoms with Crippen molar-refractivity contribution < 1.29 is 18.3 Å². The fourth-order valence-corrected chi connectivity index (χ4v) is 1.56. The SMILES string of the molecule is CC(C)(CNc1nccc(C(=O)O)c1N)S(C)(=O)=O. The number of sulfone groups is 1. The average molecular weight is 287 g/mol. The monoisotopic (exact) mass is 287 g/mol. The zero-order valence-electron chi connectivity index (χ0n) is 11.0. The van der Waals surface area contributed by atoms with Gasteiger partial charge in [-0.3, -0.25) is 0 Å². The van der Waals surface area contributed by atoms with Crippen LogP contribution < -0.4 is 11.1 Å². The van der Waals surface area contributed by atoms with Crippen LogP contribution in [0.5, 0.6) is 0 Å². The molecular formula is C11H17N3O4S. The maximum absolute atomic E-state index is 11.5. The lowest BCUT2D eigenvalue weighted by atomic mass is 10.2. The van der Waals surface area contributed by atoms with Crippen molar-refractivity contribution in [1.29, 1.82) is 0 Å². The molecule has 1 aromatic heterocycles. The first kappa shape index (κ1) is 15.2. The summed E-state index contributed by atoms with van der Waals surface area (Å²) in [6.07, 6.45) is 2.44. The highest BCUT2D eigenvalue weighted by molar-refractivity contribution is 7.92. The Morgan fingerprint density at radius 2 is 2.11 bits per heavy atom. The molecule has 7 nitrogen and oxygen atoms in total. The standard InChI is InChI=1S/C11H17N3O4S/c1-11(2,19(3,17)18)6-14-9-8(12)7(10(15)16)4-5-13-9/h4-5H,6,12H2,1-3H3,(H,13,14)(H,15,16). The summed E-state index contributed by atoms with van der Waals surface area (Å²) < 4.78 is 22.1. The van der Waals surface area contributed by atoms with Gasteiger partial charge in [0.25, 0.3) is 0 Å². The van der Waals surface area contributed by atoms with E-state index in [1.54, 1.807) is 13.8 Å². The molecule has 1 heterocycles. The summed E-state index contributed by atoms with van der Waals surface area (Å²) in [5, 5.41) is 11.7. The van der Waals surface area contributed by atoms with E-state index in [2.05, 4.69) is 10.3 Å². The lowest BCUT2D eigenvalue weighted by Crippen LogP contribution is -2.38. The molecular weight excluding hydrogens is 270 g/mol. The van der Waals surface area contributed by atoms with Gasteiger partial charge in [0.15, 0.2) is 9.84 Å². The first-order chi connectivity index (χ1) is 8.56. The Labute approximate surface area is 111 Å². The molecule has 106 valence electrons. The highest BCUT2D eigenvalue weighted by Gasteiger charge is 2.30. The van der Waals surface area contributed by atoms with Crippen molar-refractivity contribution in [3.63, 3.8) is 0 Å². The van der Waals surface area contributed by atoms with Crippen molar-refractivity contribution in [2.24, 2.45) is 0 Å². The number of nitrogens with one attached hydrogen (secondary N) is 1. The molecule has 19 heavy (non-hydrogen) atoms. The molecule has 0 bridgehead atoms. The number of carboxylic acids is 1. The lowest BCUT2D eigenvalue weighted by molar-refractivity contribution is 0.0698. The van der Waals surface area contributed by atoms with Crippen LogP contribution in [-0.2, 0) is 9.84 Å². The number of aromatic nitrogens is 1. The summed E-state index contributed by atoms with van der Waals surface area (Å²) in [7, 11) is -3.26. The van der Waals surface area contributed by atoms with Crippen LogP contribution in [-0.4, -0.2) is 42.0 Å². The molecule has 1 aromatic rings. The third-order valence-electron chi connectivity index (χ3n) is 2.91. The van der Waals surface area contributed by atoms with Crippen molar-refractivity contribution in [3.05, 3.63) is 17.8 Å². The van der Waals surface area contributed by atoms with E-state index >= 15 is 0 Å². The number of nitrogens with two attached hydrogens (primary N) is 1. The zero-order chi connectivity index (χ0) is 14.8. The minimum absolute atomic E-state index is 0.0145. The molecule has 0 spiro atoms. The van der Waals surface area contributed by atoms with Gasteiger partial charge in [-0.15, -0.1) is 0 Å². The molecule has 0 unspecified atom stereocenters. The summed E-state index contributed by atoms with van der Waals surface area (Å²) in [6.45, 7) is 3.20. The summed E-state index contributed by atoms with van der Waals surface area (Å²) in [6, 6.07) is 1.28. The van der Waals surface area contributed by atoms with E-state index in [0.717, 1.165) is 6.26 Å². The smallest absolute Gasteiger partial charge is 0.337 e. The van der Waals surface area contributed by atoms with Crippen LogP contribution in [0.4, 0.5) is 11.5 Å². The molecule has 0 aliphatic carbocycles. The van der Waals surface area contributed by atoms with Gasteiger partial charge in [-0.25, -0.2) is 18.2 Å². The van der Waals surface area contributed by atoms with Crippen molar-refractivity contribution >= 4 is 27.3 Å². The largest absolute Gasteiger partial charge is 0.478 e. The lowest BCUT2D eigenvalue weighted by Gasteiger charge is -2.23. The van der Waals surface area contributed by atoms with E-state index in [-0.39, 0.29) is 23.6 Å². The number of carbonyl (C=O) groups is 1. The van der Waals surface area contributed by atoms with E-state index < -0.39 is 20.6 Å². The van der Waals surface area contributed by atoms with Gasteiger partial charge >= 0.3 is 5.97 Å². The molecule has 0 amide bonds. The number of hydrogen-bond acceptors (Lipinski definition) is 6. The fourth-order valence-electron chi connectivity index (χ4n) is 1.23. The Hall–Kier alpha value is -1.83. The summed E-state index contributed by atoms with van der Waals surface area (Å²) >= 11 is 0. The number of hydrogen-bond donors (Lipinski definition) is 3. The first-order valence-electron chi connectivity index (χ1n) is 5.47. The van der Waals surface area contributed by atoms with Crippen molar-refractivity contribution in [3.8, 4) is 0 Å². The van der Waals surface area contributed by atoms with Crippen LogP contribution in [0.2, 0.25) is 0 Å². The third-order valence-corrected chi connectivity index (χ3v) is 5.06. The quantitative estimate of drug-likeness (QED) is 0.724. The molecule has 8 heteroatoms. The Bertz CT molecular complexity index is 596. The minimum atomic E-state index is -3.26. The third kappa shape index (κ3) is 3.34. The second-order valence-electron chi connectivity index (χ2n) is 4.81. The van der Waals surface area contributed by atoms with E-state index in [9.17, 15) is 13.2 Å². The van der Waals surface area contributed by atoms with E-state index in [0.29, 0.717) is 0 Å². The Kier molecular flexibility index (Phi) is 4.04.